The highest BCUT2D eigenvalue weighted by Gasteiger charge is 2.40. The quantitative estimate of drug-likeness (QED) is 0.781. The molecular formula is C10H16O3S. The maximum atomic E-state index is 10.8. The molecule has 1 saturated carbocycles. The zero-order chi connectivity index (χ0) is 10.1. The van der Waals surface area contributed by atoms with Crippen LogP contribution >= 0.6 is 11.8 Å². The van der Waals surface area contributed by atoms with Gasteiger partial charge in [0, 0.05) is 17.1 Å². The Morgan fingerprint density at radius 1 is 1.36 bits per heavy atom. The molecule has 0 aromatic carbocycles. The number of thioether (sulfide) groups is 1. The van der Waals surface area contributed by atoms with E-state index in [0.717, 1.165) is 25.9 Å². The van der Waals surface area contributed by atoms with Gasteiger partial charge in [-0.15, -0.1) is 0 Å². The van der Waals surface area contributed by atoms with Gasteiger partial charge in [0.1, 0.15) is 0 Å². The molecule has 0 aromatic rings. The molecule has 1 aliphatic heterocycles. The summed E-state index contributed by atoms with van der Waals surface area (Å²) in [5.41, 5.74) is 0. The van der Waals surface area contributed by atoms with Gasteiger partial charge in [0.25, 0.3) is 0 Å². The van der Waals surface area contributed by atoms with E-state index in [4.69, 9.17) is 9.84 Å². The summed E-state index contributed by atoms with van der Waals surface area (Å²) in [6, 6.07) is 0. The fraction of sp³-hybridized carbons (Fsp3) is 0.900. The van der Waals surface area contributed by atoms with Crippen LogP contribution in [0.2, 0.25) is 0 Å². The third kappa shape index (κ3) is 1.91. The number of aliphatic carboxylic acids is 1. The Labute approximate surface area is 88.2 Å². The fourth-order valence-electron chi connectivity index (χ4n) is 2.03. The maximum Gasteiger partial charge on any atom is 0.307 e. The summed E-state index contributed by atoms with van der Waals surface area (Å²) in [5.74, 6) is -0.729. The summed E-state index contributed by atoms with van der Waals surface area (Å²) in [6.45, 7) is 2.92. The lowest BCUT2D eigenvalue weighted by atomic mass is 9.85. The Hall–Kier alpha value is -0.220. The van der Waals surface area contributed by atoms with Crippen molar-refractivity contribution in [1.82, 2.24) is 0 Å². The van der Waals surface area contributed by atoms with Crippen molar-refractivity contribution in [3.05, 3.63) is 0 Å². The van der Waals surface area contributed by atoms with E-state index in [1.165, 1.54) is 0 Å². The van der Waals surface area contributed by atoms with Crippen LogP contribution in [0.25, 0.3) is 0 Å². The minimum absolute atomic E-state index is 0.104. The van der Waals surface area contributed by atoms with E-state index in [-0.39, 0.29) is 5.92 Å². The summed E-state index contributed by atoms with van der Waals surface area (Å²) < 4.78 is 5.46. The molecule has 80 valence electrons. The largest absolute Gasteiger partial charge is 0.481 e. The van der Waals surface area contributed by atoms with Gasteiger partial charge in [-0.3, -0.25) is 4.79 Å². The summed E-state index contributed by atoms with van der Waals surface area (Å²) in [4.78, 5) is 10.8. The van der Waals surface area contributed by atoms with E-state index in [1.54, 1.807) is 0 Å². The SMILES string of the molecule is CC1OCCC1SC1CCC1C(=O)O. The molecule has 0 aromatic heterocycles. The van der Waals surface area contributed by atoms with Crippen LogP contribution in [-0.4, -0.2) is 34.3 Å². The van der Waals surface area contributed by atoms with Crippen LogP contribution in [0, 0.1) is 5.92 Å². The third-order valence-corrected chi connectivity index (χ3v) is 5.07. The molecule has 4 unspecified atom stereocenters. The van der Waals surface area contributed by atoms with Crippen molar-refractivity contribution < 1.29 is 14.6 Å². The second kappa shape index (κ2) is 4.11. The van der Waals surface area contributed by atoms with E-state index >= 15 is 0 Å². The lowest BCUT2D eigenvalue weighted by Crippen LogP contribution is -2.37. The van der Waals surface area contributed by atoms with E-state index in [0.29, 0.717) is 16.6 Å². The highest BCUT2D eigenvalue weighted by molar-refractivity contribution is 8.00. The molecule has 0 bridgehead atoms. The molecule has 0 amide bonds. The lowest BCUT2D eigenvalue weighted by molar-refractivity contribution is -0.144. The highest BCUT2D eigenvalue weighted by atomic mass is 32.2. The first-order valence-electron chi connectivity index (χ1n) is 5.18. The van der Waals surface area contributed by atoms with Gasteiger partial charge >= 0.3 is 5.97 Å². The minimum atomic E-state index is -0.625. The number of hydrogen-bond acceptors (Lipinski definition) is 3. The van der Waals surface area contributed by atoms with Crippen LogP contribution < -0.4 is 0 Å². The number of hydrogen-bond donors (Lipinski definition) is 1. The van der Waals surface area contributed by atoms with Crippen LogP contribution in [0.5, 0.6) is 0 Å². The van der Waals surface area contributed by atoms with Crippen LogP contribution in [0.15, 0.2) is 0 Å². The number of carbonyl (C=O) groups is 1. The Morgan fingerprint density at radius 3 is 2.57 bits per heavy atom. The van der Waals surface area contributed by atoms with Crippen molar-refractivity contribution in [2.75, 3.05) is 6.61 Å². The summed E-state index contributed by atoms with van der Waals surface area (Å²) in [6.07, 6.45) is 3.30. The molecule has 2 rings (SSSR count). The molecule has 4 heteroatoms. The normalized spacial score (nSPS) is 42.1. The van der Waals surface area contributed by atoms with Crippen LogP contribution in [0.4, 0.5) is 0 Å². The predicted octanol–water partition coefficient (Wildman–Crippen LogP) is 1.76. The Kier molecular flexibility index (Phi) is 3.02. The average Bonchev–Trinajstić information content (AvgIpc) is 2.44. The first kappa shape index (κ1) is 10.3. The second-order valence-electron chi connectivity index (χ2n) is 4.10. The van der Waals surface area contributed by atoms with Crippen LogP contribution in [-0.2, 0) is 9.53 Å². The fourth-order valence-corrected chi connectivity index (χ4v) is 3.73. The molecule has 1 N–H and O–H groups in total. The number of carboxylic acid groups (broad SMARTS) is 1. The first-order valence-corrected chi connectivity index (χ1v) is 6.12. The molecule has 1 aliphatic carbocycles. The van der Waals surface area contributed by atoms with Crippen molar-refractivity contribution in [3.8, 4) is 0 Å². The predicted molar refractivity (Wildman–Crippen MR) is 55.6 cm³/mol. The van der Waals surface area contributed by atoms with E-state index in [9.17, 15) is 4.79 Å². The molecule has 2 fully saturated rings. The van der Waals surface area contributed by atoms with Crippen LogP contribution in [0.1, 0.15) is 26.2 Å². The number of carboxylic acids is 1. The molecule has 2 aliphatic rings. The van der Waals surface area contributed by atoms with Gasteiger partial charge in [-0.25, -0.2) is 0 Å². The molecule has 14 heavy (non-hydrogen) atoms. The van der Waals surface area contributed by atoms with Crippen molar-refractivity contribution >= 4 is 17.7 Å². The van der Waals surface area contributed by atoms with E-state index < -0.39 is 5.97 Å². The van der Waals surface area contributed by atoms with Gasteiger partial charge in [0.05, 0.1) is 12.0 Å². The summed E-state index contributed by atoms with van der Waals surface area (Å²) >= 11 is 1.83. The third-order valence-electron chi connectivity index (χ3n) is 3.18. The zero-order valence-electron chi connectivity index (χ0n) is 8.31. The van der Waals surface area contributed by atoms with Crippen molar-refractivity contribution in [2.24, 2.45) is 5.92 Å². The van der Waals surface area contributed by atoms with Crippen LogP contribution in [0.3, 0.4) is 0 Å². The molecular weight excluding hydrogens is 200 g/mol. The average molecular weight is 216 g/mol. The number of rotatable bonds is 3. The monoisotopic (exact) mass is 216 g/mol. The summed E-state index contributed by atoms with van der Waals surface area (Å²) in [5, 5.41) is 9.75. The Bertz CT molecular complexity index is 231. The zero-order valence-corrected chi connectivity index (χ0v) is 9.13. The van der Waals surface area contributed by atoms with E-state index in [1.807, 2.05) is 11.8 Å². The first-order chi connectivity index (χ1) is 6.68. The lowest BCUT2D eigenvalue weighted by Gasteiger charge is -2.35. The molecule has 1 saturated heterocycles. The molecule has 3 nitrogen and oxygen atoms in total. The molecule has 0 spiro atoms. The highest BCUT2D eigenvalue weighted by Crippen LogP contribution is 2.42. The molecule has 1 heterocycles. The number of ether oxygens (including phenoxy) is 1. The van der Waals surface area contributed by atoms with Gasteiger partial charge in [0.2, 0.25) is 0 Å². The summed E-state index contributed by atoms with van der Waals surface area (Å²) in [7, 11) is 0. The van der Waals surface area contributed by atoms with Crippen molar-refractivity contribution in [2.45, 2.75) is 42.8 Å². The topological polar surface area (TPSA) is 46.5 Å². The Morgan fingerprint density at radius 2 is 2.14 bits per heavy atom. The van der Waals surface area contributed by atoms with Gasteiger partial charge in [0.15, 0.2) is 0 Å². The second-order valence-corrected chi connectivity index (χ2v) is 5.58. The maximum absolute atomic E-state index is 10.8. The van der Waals surface area contributed by atoms with Crippen molar-refractivity contribution in [1.29, 1.82) is 0 Å². The van der Waals surface area contributed by atoms with Gasteiger partial charge < -0.3 is 9.84 Å². The molecule has 4 atom stereocenters. The molecule has 0 radical (unpaired) electrons. The Balaban J connectivity index is 1.83. The van der Waals surface area contributed by atoms with E-state index in [2.05, 4.69) is 6.92 Å². The van der Waals surface area contributed by atoms with Gasteiger partial charge in [-0.05, 0) is 26.2 Å². The minimum Gasteiger partial charge on any atom is -0.481 e. The van der Waals surface area contributed by atoms with Gasteiger partial charge in [-0.2, -0.15) is 11.8 Å². The smallest absolute Gasteiger partial charge is 0.307 e. The van der Waals surface area contributed by atoms with Gasteiger partial charge in [-0.1, -0.05) is 0 Å². The standard InChI is InChI=1S/C10H16O3S/c1-6-8(4-5-13-6)14-9-3-2-7(9)10(11)12/h6-9H,2-5H2,1H3,(H,11,12). The van der Waals surface area contributed by atoms with Crippen molar-refractivity contribution in [3.63, 3.8) is 0 Å².